The Bertz CT molecular complexity index is 618. The molecule has 1 aromatic rings. The van der Waals surface area contributed by atoms with Crippen LogP contribution in [-0.2, 0) is 14.8 Å². The van der Waals surface area contributed by atoms with Crippen molar-refractivity contribution < 1.29 is 17.9 Å². The first-order valence-corrected chi connectivity index (χ1v) is 9.37. The maximum Gasteiger partial charge on any atom is 0.339 e. The molecule has 0 atom stereocenters. The number of nitrogens with one attached hydrogen (secondary N) is 1. The van der Waals surface area contributed by atoms with Crippen molar-refractivity contribution in [3.8, 4) is 0 Å². The van der Waals surface area contributed by atoms with Crippen LogP contribution in [0.15, 0.2) is 29.2 Å². The molecule has 7 heteroatoms. The number of methoxy groups -OCH3 is 1. The topological polar surface area (TPSA) is 72.5 Å². The molecule has 0 heterocycles. The minimum absolute atomic E-state index is 0.00667. The summed E-state index contributed by atoms with van der Waals surface area (Å²) >= 11 is 1.69. The van der Waals surface area contributed by atoms with Gasteiger partial charge in [0.15, 0.2) is 0 Å². The molecule has 0 amide bonds. The predicted octanol–water partition coefficient (Wildman–Crippen LogP) is 2.04. The normalized spacial score (nSPS) is 17.0. The average Bonchev–Trinajstić information content (AvgIpc) is 2.45. The molecule has 2 rings (SSSR count). The van der Waals surface area contributed by atoms with Crippen molar-refractivity contribution >= 4 is 27.8 Å². The van der Waals surface area contributed by atoms with Gasteiger partial charge in [-0.25, -0.2) is 17.9 Å². The number of carbonyl (C=O) groups excluding carboxylic acids is 1. The highest BCUT2D eigenvalue weighted by Gasteiger charge is 2.37. The van der Waals surface area contributed by atoms with Gasteiger partial charge in [-0.05, 0) is 31.2 Å². The number of carbonyl (C=O) groups is 1. The van der Waals surface area contributed by atoms with Crippen molar-refractivity contribution in [2.24, 2.45) is 0 Å². The standard InChI is InChI=1S/C14H19NO4S2/c1-19-13(16)11-6-3-4-7-12(11)21(17,18)15-10-14(20-2)8-5-9-14/h3-4,6-7,15H,5,8-10H2,1-2H3. The summed E-state index contributed by atoms with van der Waals surface area (Å²) in [4.78, 5) is 11.7. The first kappa shape index (κ1) is 16.3. The van der Waals surface area contributed by atoms with Gasteiger partial charge >= 0.3 is 5.97 Å². The summed E-state index contributed by atoms with van der Waals surface area (Å²) in [5.41, 5.74) is 0.0549. The molecule has 1 aliphatic rings. The Labute approximate surface area is 129 Å². The smallest absolute Gasteiger partial charge is 0.339 e. The largest absolute Gasteiger partial charge is 0.465 e. The number of hydrogen-bond acceptors (Lipinski definition) is 5. The van der Waals surface area contributed by atoms with E-state index in [2.05, 4.69) is 9.46 Å². The van der Waals surface area contributed by atoms with Gasteiger partial charge in [-0.2, -0.15) is 11.8 Å². The molecule has 1 aromatic carbocycles. The van der Waals surface area contributed by atoms with E-state index in [1.165, 1.54) is 19.2 Å². The van der Waals surface area contributed by atoms with Crippen LogP contribution in [0.5, 0.6) is 0 Å². The molecule has 5 nitrogen and oxygen atoms in total. The van der Waals surface area contributed by atoms with Gasteiger partial charge in [0.1, 0.15) is 0 Å². The van der Waals surface area contributed by atoms with Gasteiger partial charge in [0.05, 0.1) is 17.6 Å². The molecule has 0 aromatic heterocycles. The molecule has 1 saturated carbocycles. The lowest BCUT2D eigenvalue weighted by Crippen LogP contribution is -2.45. The quantitative estimate of drug-likeness (QED) is 0.809. The Kier molecular flexibility index (Phi) is 4.95. The van der Waals surface area contributed by atoms with Gasteiger partial charge in [-0.1, -0.05) is 18.6 Å². The summed E-state index contributed by atoms with van der Waals surface area (Å²) in [7, 11) is -2.50. The van der Waals surface area contributed by atoms with Crippen LogP contribution >= 0.6 is 11.8 Å². The van der Waals surface area contributed by atoms with E-state index in [9.17, 15) is 13.2 Å². The lowest BCUT2D eigenvalue weighted by Gasteiger charge is -2.40. The highest BCUT2D eigenvalue weighted by Crippen LogP contribution is 2.42. The summed E-state index contributed by atoms with van der Waals surface area (Å²) in [6.07, 6.45) is 5.14. The molecule has 1 aliphatic carbocycles. The van der Waals surface area contributed by atoms with Gasteiger partial charge < -0.3 is 4.74 Å². The van der Waals surface area contributed by atoms with Gasteiger partial charge in [-0.15, -0.1) is 0 Å². The predicted molar refractivity (Wildman–Crippen MR) is 83.1 cm³/mol. The third-order valence-corrected chi connectivity index (χ3v) is 6.74. The van der Waals surface area contributed by atoms with E-state index in [4.69, 9.17) is 0 Å². The van der Waals surface area contributed by atoms with Crippen molar-refractivity contribution in [2.75, 3.05) is 19.9 Å². The summed E-state index contributed by atoms with van der Waals surface area (Å²) in [6, 6.07) is 6.07. The molecular formula is C14H19NO4S2. The minimum Gasteiger partial charge on any atom is -0.465 e. The third kappa shape index (κ3) is 3.41. The van der Waals surface area contributed by atoms with Crippen LogP contribution in [0.2, 0.25) is 0 Å². The van der Waals surface area contributed by atoms with Gasteiger partial charge in [-0.3, -0.25) is 0 Å². The Balaban J connectivity index is 2.22. The maximum absolute atomic E-state index is 12.4. The molecule has 0 radical (unpaired) electrons. The van der Waals surface area contributed by atoms with Crippen LogP contribution in [0.25, 0.3) is 0 Å². The van der Waals surface area contributed by atoms with Crippen molar-refractivity contribution in [3.05, 3.63) is 29.8 Å². The number of ether oxygens (including phenoxy) is 1. The molecular weight excluding hydrogens is 310 g/mol. The Morgan fingerprint density at radius 2 is 2.05 bits per heavy atom. The lowest BCUT2D eigenvalue weighted by molar-refractivity contribution is 0.0596. The molecule has 0 bridgehead atoms. The van der Waals surface area contributed by atoms with Crippen molar-refractivity contribution in [1.29, 1.82) is 0 Å². The van der Waals surface area contributed by atoms with E-state index < -0.39 is 16.0 Å². The third-order valence-electron chi connectivity index (χ3n) is 3.86. The zero-order chi connectivity index (χ0) is 15.5. The van der Waals surface area contributed by atoms with Gasteiger partial charge in [0.25, 0.3) is 0 Å². The summed E-state index contributed by atoms with van der Waals surface area (Å²) in [5, 5.41) is 0. The number of benzene rings is 1. The summed E-state index contributed by atoms with van der Waals surface area (Å²) in [5.74, 6) is -0.654. The average molecular weight is 329 g/mol. The number of rotatable bonds is 6. The zero-order valence-electron chi connectivity index (χ0n) is 12.1. The van der Waals surface area contributed by atoms with Gasteiger partial charge in [0, 0.05) is 11.3 Å². The van der Waals surface area contributed by atoms with E-state index in [0.29, 0.717) is 6.54 Å². The molecule has 21 heavy (non-hydrogen) atoms. The van der Waals surface area contributed by atoms with Crippen LogP contribution in [0.4, 0.5) is 0 Å². The Morgan fingerprint density at radius 1 is 1.38 bits per heavy atom. The second-order valence-corrected chi connectivity index (χ2v) is 8.06. The zero-order valence-corrected chi connectivity index (χ0v) is 13.7. The lowest BCUT2D eigenvalue weighted by atomic mass is 9.84. The number of sulfonamides is 1. The summed E-state index contributed by atoms with van der Waals surface area (Å²) < 4.78 is 32.2. The highest BCUT2D eigenvalue weighted by atomic mass is 32.2. The number of hydrogen-bond donors (Lipinski definition) is 1. The number of thioether (sulfide) groups is 1. The van der Waals surface area contributed by atoms with Crippen LogP contribution in [0.1, 0.15) is 29.6 Å². The van der Waals surface area contributed by atoms with E-state index in [1.807, 2.05) is 6.26 Å². The van der Waals surface area contributed by atoms with E-state index in [-0.39, 0.29) is 15.2 Å². The molecule has 0 saturated heterocycles. The second kappa shape index (κ2) is 6.37. The molecule has 0 aliphatic heterocycles. The maximum atomic E-state index is 12.4. The van der Waals surface area contributed by atoms with Crippen LogP contribution < -0.4 is 4.72 Å². The first-order chi connectivity index (χ1) is 9.94. The fraction of sp³-hybridized carbons (Fsp3) is 0.500. The van der Waals surface area contributed by atoms with Gasteiger partial charge in [0.2, 0.25) is 10.0 Å². The van der Waals surface area contributed by atoms with Crippen LogP contribution in [0, 0.1) is 0 Å². The molecule has 0 spiro atoms. The van der Waals surface area contributed by atoms with E-state index in [1.54, 1.807) is 23.9 Å². The van der Waals surface area contributed by atoms with Crippen molar-refractivity contribution in [2.45, 2.75) is 28.9 Å². The number of esters is 1. The van der Waals surface area contributed by atoms with E-state index >= 15 is 0 Å². The van der Waals surface area contributed by atoms with Crippen molar-refractivity contribution in [3.63, 3.8) is 0 Å². The SMILES string of the molecule is COC(=O)c1ccccc1S(=O)(=O)NCC1(SC)CCC1. The van der Waals surface area contributed by atoms with Crippen LogP contribution in [-0.4, -0.2) is 39.0 Å². The molecule has 116 valence electrons. The van der Waals surface area contributed by atoms with E-state index in [0.717, 1.165) is 19.3 Å². The fourth-order valence-electron chi connectivity index (χ4n) is 2.31. The summed E-state index contributed by atoms with van der Waals surface area (Å²) in [6.45, 7) is 0.381. The minimum atomic E-state index is -3.73. The Morgan fingerprint density at radius 3 is 2.57 bits per heavy atom. The molecule has 1 N–H and O–H groups in total. The highest BCUT2D eigenvalue weighted by molar-refractivity contribution is 8.00. The molecule has 1 fully saturated rings. The van der Waals surface area contributed by atoms with Crippen LogP contribution in [0.3, 0.4) is 0 Å². The first-order valence-electron chi connectivity index (χ1n) is 6.66. The fourth-order valence-corrected chi connectivity index (χ4v) is 4.63. The second-order valence-electron chi connectivity index (χ2n) is 5.05. The Hall–Kier alpha value is -1.05. The monoisotopic (exact) mass is 329 g/mol. The van der Waals surface area contributed by atoms with Crippen molar-refractivity contribution in [1.82, 2.24) is 4.72 Å². The molecule has 0 unspecified atom stereocenters.